The van der Waals surface area contributed by atoms with E-state index in [1.54, 1.807) is 4.90 Å². The van der Waals surface area contributed by atoms with Crippen molar-refractivity contribution in [1.82, 2.24) is 10.2 Å². The van der Waals surface area contributed by atoms with Crippen LogP contribution < -0.4 is 5.32 Å². The number of hydrogen-bond acceptors (Lipinski definition) is 2. The molecule has 2 rings (SSSR count). The molecule has 100 valence electrons. The highest BCUT2D eigenvalue weighted by atomic mass is 16.4. The summed E-state index contributed by atoms with van der Waals surface area (Å²) in [5, 5.41) is 11.8. The zero-order valence-corrected chi connectivity index (χ0v) is 10.5. The van der Waals surface area contributed by atoms with E-state index >= 15 is 0 Å². The van der Waals surface area contributed by atoms with Gasteiger partial charge in [-0.2, -0.15) is 0 Å². The molecule has 2 unspecified atom stereocenters. The SMILES string of the molecule is O=C(O)C1CCN(C(=O)NCC2CC=CCC2)C1. The Labute approximate surface area is 107 Å². The van der Waals surface area contributed by atoms with Crippen molar-refractivity contribution in [2.75, 3.05) is 19.6 Å². The van der Waals surface area contributed by atoms with E-state index in [-0.39, 0.29) is 6.03 Å². The topological polar surface area (TPSA) is 69.6 Å². The molecule has 0 saturated carbocycles. The highest BCUT2D eigenvalue weighted by molar-refractivity contribution is 5.77. The highest BCUT2D eigenvalue weighted by Gasteiger charge is 2.30. The van der Waals surface area contributed by atoms with Crippen LogP contribution in [0.3, 0.4) is 0 Å². The minimum atomic E-state index is -0.803. The number of carbonyl (C=O) groups excluding carboxylic acids is 1. The minimum absolute atomic E-state index is 0.117. The van der Waals surface area contributed by atoms with Gasteiger partial charge in [0, 0.05) is 19.6 Å². The fraction of sp³-hybridized carbons (Fsp3) is 0.692. The number of rotatable bonds is 3. The van der Waals surface area contributed by atoms with Crippen LogP contribution >= 0.6 is 0 Å². The molecule has 0 radical (unpaired) electrons. The fourth-order valence-corrected chi connectivity index (χ4v) is 2.53. The standard InChI is InChI=1S/C13H20N2O3/c16-12(17)11-6-7-15(9-11)13(18)14-8-10-4-2-1-3-5-10/h1-2,10-11H,3-9H2,(H,14,18)(H,16,17). The molecule has 5 nitrogen and oxygen atoms in total. The number of nitrogens with one attached hydrogen (secondary N) is 1. The van der Waals surface area contributed by atoms with Crippen LogP contribution in [0, 0.1) is 11.8 Å². The van der Waals surface area contributed by atoms with Gasteiger partial charge in [-0.05, 0) is 31.6 Å². The highest BCUT2D eigenvalue weighted by Crippen LogP contribution is 2.18. The van der Waals surface area contributed by atoms with Crippen molar-refractivity contribution in [1.29, 1.82) is 0 Å². The number of amides is 2. The molecule has 1 heterocycles. The second-order valence-corrected chi connectivity index (χ2v) is 5.11. The molecule has 0 spiro atoms. The van der Waals surface area contributed by atoms with Crippen LogP contribution in [-0.4, -0.2) is 41.6 Å². The fourth-order valence-electron chi connectivity index (χ4n) is 2.53. The van der Waals surface area contributed by atoms with E-state index < -0.39 is 11.9 Å². The average molecular weight is 252 g/mol. The molecule has 1 fully saturated rings. The van der Waals surface area contributed by atoms with Crippen LogP contribution in [0.25, 0.3) is 0 Å². The molecule has 1 aliphatic heterocycles. The van der Waals surface area contributed by atoms with Crippen molar-refractivity contribution in [3.63, 3.8) is 0 Å². The van der Waals surface area contributed by atoms with E-state index in [1.165, 1.54) is 0 Å². The maximum absolute atomic E-state index is 11.9. The van der Waals surface area contributed by atoms with Gasteiger partial charge in [-0.3, -0.25) is 4.79 Å². The number of aliphatic carboxylic acids is 1. The molecule has 2 atom stereocenters. The summed E-state index contributed by atoms with van der Waals surface area (Å²) in [6.07, 6.45) is 8.14. The number of carboxylic acids is 1. The Morgan fingerprint density at radius 3 is 2.78 bits per heavy atom. The third-order valence-electron chi connectivity index (χ3n) is 3.74. The molecule has 1 aliphatic carbocycles. The predicted octanol–water partition coefficient (Wildman–Crippen LogP) is 1.46. The first-order valence-electron chi connectivity index (χ1n) is 6.57. The zero-order valence-electron chi connectivity index (χ0n) is 10.5. The Kier molecular flexibility index (Phi) is 4.23. The molecular weight excluding hydrogens is 232 g/mol. The van der Waals surface area contributed by atoms with Crippen molar-refractivity contribution in [2.45, 2.75) is 25.7 Å². The van der Waals surface area contributed by atoms with Gasteiger partial charge in [0.25, 0.3) is 0 Å². The molecule has 2 N–H and O–H groups in total. The van der Waals surface area contributed by atoms with Gasteiger partial charge in [-0.1, -0.05) is 12.2 Å². The summed E-state index contributed by atoms with van der Waals surface area (Å²) in [7, 11) is 0. The monoisotopic (exact) mass is 252 g/mol. The zero-order chi connectivity index (χ0) is 13.0. The predicted molar refractivity (Wildman–Crippen MR) is 67.2 cm³/mol. The van der Waals surface area contributed by atoms with Gasteiger partial charge in [0.2, 0.25) is 0 Å². The lowest BCUT2D eigenvalue weighted by Gasteiger charge is -2.21. The Morgan fingerprint density at radius 1 is 1.33 bits per heavy atom. The first-order chi connectivity index (χ1) is 8.66. The van der Waals surface area contributed by atoms with Crippen LogP contribution in [0.2, 0.25) is 0 Å². The average Bonchev–Trinajstić information content (AvgIpc) is 2.87. The Bertz CT molecular complexity index is 354. The van der Waals surface area contributed by atoms with Crippen LogP contribution in [0.15, 0.2) is 12.2 Å². The number of carboxylic acid groups (broad SMARTS) is 1. The molecule has 2 aliphatic rings. The lowest BCUT2D eigenvalue weighted by Crippen LogP contribution is -2.41. The summed E-state index contributed by atoms with van der Waals surface area (Å²) in [4.78, 5) is 24.3. The molecule has 5 heteroatoms. The molecule has 0 aromatic heterocycles. The summed E-state index contributed by atoms with van der Waals surface area (Å²) in [5.41, 5.74) is 0. The van der Waals surface area contributed by atoms with Crippen molar-refractivity contribution < 1.29 is 14.7 Å². The maximum atomic E-state index is 11.9. The molecular formula is C13H20N2O3. The molecule has 2 amide bonds. The Hall–Kier alpha value is -1.52. The summed E-state index contributed by atoms with van der Waals surface area (Å²) < 4.78 is 0. The quantitative estimate of drug-likeness (QED) is 0.747. The smallest absolute Gasteiger partial charge is 0.317 e. The second-order valence-electron chi connectivity index (χ2n) is 5.11. The molecule has 0 aromatic carbocycles. The van der Waals surface area contributed by atoms with Crippen molar-refractivity contribution in [2.24, 2.45) is 11.8 Å². The van der Waals surface area contributed by atoms with Gasteiger partial charge in [-0.15, -0.1) is 0 Å². The summed E-state index contributed by atoms with van der Waals surface area (Å²) >= 11 is 0. The lowest BCUT2D eigenvalue weighted by atomic mass is 9.94. The van der Waals surface area contributed by atoms with Gasteiger partial charge >= 0.3 is 12.0 Å². The number of allylic oxidation sites excluding steroid dienone is 2. The van der Waals surface area contributed by atoms with Crippen LogP contribution in [0.4, 0.5) is 4.79 Å². The number of nitrogens with zero attached hydrogens (tertiary/aromatic N) is 1. The van der Waals surface area contributed by atoms with E-state index in [4.69, 9.17) is 5.11 Å². The second kappa shape index (κ2) is 5.89. The van der Waals surface area contributed by atoms with Crippen molar-refractivity contribution in [3.8, 4) is 0 Å². The van der Waals surface area contributed by atoms with Crippen LogP contribution in [-0.2, 0) is 4.79 Å². The third-order valence-corrected chi connectivity index (χ3v) is 3.74. The number of likely N-dealkylation sites (tertiary alicyclic amines) is 1. The first kappa shape index (κ1) is 12.9. The Balaban J connectivity index is 1.72. The van der Waals surface area contributed by atoms with Gasteiger partial charge in [-0.25, -0.2) is 4.79 Å². The number of carbonyl (C=O) groups is 2. The Morgan fingerprint density at radius 2 is 2.17 bits per heavy atom. The van der Waals surface area contributed by atoms with Crippen molar-refractivity contribution >= 4 is 12.0 Å². The van der Waals surface area contributed by atoms with Gasteiger partial charge in [0.15, 0.2) is 0 Å². The van der Waals surface area contributed by atoms with E-state index in [2.05, 4.69) is 17.5 Å². The van der Waals surface area contributed by atoms with E-state index in [0.717, 1.165) is 19.3 Å². The van der Waals surface area contributed by atoms with Gasteiger partial charge in [0.05, 0.1) is 5.92 Å². The largest absolute Gasteiger partial charge is 0.481 e. The minimum Gasteiger partial charge on any atom is -0.481 e. The van der Waals surface area contributed by atoms with Gasteiger partial charge < -0.3 is 15.3 Å². The molecule has 18 heavy (non-hydrogen) atoms. The molecule has 0 aromatic rings. The summed E-state index contributed by atoms with van der Waals surface area (Å²) in [6.45, 7) is 1.58. The molecule has 0 bridgehead atoms. The van der Waals surface area contributed by atoms with E-state index in [1.807, 2.05) is 0 Å². The normalized spacial score (nSPS) is 27.2. The summed E-state index contributed by atoms with van der Waals surface area (Å²) in [6, 6.07) is -0.117. The van der Waals surface area contributed by atoms with E-state index in [9.17, 15) is 9.59 Å². The molecule has 1 saturated heterocycles. The third kappa shape index (κ3) is 3.24. The maximum Gasteiger partial charge on any atom is 0.317 e. The number of urea groups is 1. The van der Waals surface area contributed by atoms with Crippen LogP contribution in [0.5, 0.6) is 0 Å². The van der Waals surface area contributed by atoms with Crippen molar-refractivity contribution in [3.05, 3.63) is 12.2 Å². The van der Waals surface area contributed by atoms with Gasteiger partial charge in [0.1, 0.15) is 0 Å². The summed E-state index contributed by atoms with van der Waals surface area (Å²) in [5.74, 6) is -0.673. The lowest BCUT2D eigenvalue weighted by molar-refractivity contribution is -0.141. The first-order valence-corrected chi connectivity index (χ1v) is 6.57. The van der Waals surface area contributed by atoms with Crippen LogP contribution in [0.1, 0.15) is 25.7 Å². The number of hydrogen-bond donors (Lipinski definition) is 2. The van der Waals surface area contributed by atoms with E-state index in [0.29, 0.717) is 32.0 Å².